The number of carbonyl (C=O) groups excluding carboxylic acids is 1. The Morgan fingerprint density at radius 1 is 1.12 bits per heavy atom. The summed E-state index contributed by atoms with van der Waals surface area (Å²) in [6, 6.07) is 0. The van der Waals surface area contributed by atoms with Crippen LogP contribution in [0.2, 0.25) is 0 Å². The quantitative estimate of drug-likeness (QED) is 0.878. The normalized spacial score (nSPS) is 35.4. The van der Waals surface area contributed by atoms with Crippen LogP contribution in [0.25, 0.3) is 0 Å². The van der Waals surface area contributed by atoms with Crippen molar-refractivity contribution in [2.24, 2.45) is 28.0 Å². The van der Waals surface area contributed by atoms with Gasteiger partial charge in [0.25, 0.3) is 5.66 Å². The molecular formula is C15H18F3N7O. The third-order valence-electron chi connectivity index (χ3n) is 6.75. The summed E-state index contributed by atoms with van der Waals surface area (Å²) < 4.78 is 39.4. The Balaban J connectivity index is 1.39. The van der Waals surface area contributed by atoms with Gasteiger partial charge in [-0.15, -0.1) is 20.4 Å². The number of hydrogen-bond donors (Lipinski definition) is 1. The fraction of sp³-hybridized carbons (Fsp3) is 0.867. The van der Waals surface area contributed by atoms with Crippen molar-refractivity contribution in [2.45, 2.75) is 49.4 Å². The van der Waals surface area contributed by atoms with Gasteiger partial charge in [0.15, 0.2) is 5.82 Å². The second kappa shape index (κ2) is 5.01. The molecule has 140 valence electrons. The van der Waals surface area contributed by atoms with E-state index in [1.54, 1.807) is 0 Å². The highest BCUT2D eigenvalue weighted by molar-refractivity contribution is 5.88. The van der Waals surface area contributed by atoms with E-state index in [4.69, 9.17) is 0 Å². The van der Waals surface area contributed by atoms with Crippen molar-refractivity contribution in [2.75, 3.05) is 13.1 Å². The summed E-state index contributed by atoms with van der Waals surface area (Å²) >= 11 is 0. The fourth-order valence-electron chi connectivity index (χ4n) is 5.21. The molecule has 11 heteroatoms. The first-order valence-corrected chi connectivity index (χ1v) is 8.91. The first kappa shape index (κ1) is 16.1. The van der Waals surface area contributed by atoms with E-state index in [1.807, 2.05) is 0 Å². The Kier molecular flexibility index (Phi) is 3.11. The van der Waals surface area contributed by atoms with Crippen molar-refractivity contribution in [3.05, 3.63) is 5.82 Å². The summed E-state index contributed by atoms with van der Waals surface area (Å²) in [6.45, 7) is 0.0324. The number of alkyl halides is 3. The molecule has 1 amide bonds. The van der Waals surface area contributed by atoms with Gasteiger partial charge in [-0.25, -0.2) is 0 Å². The number of rotatable bonds is 3. The van der Waals surface area contributed by atoms with Crippen LogP contribution in [0.4, 0.5) is 13.2 Å². The van der Waals surface area contributed by atoms with E-state index in [0.717, 1.165) is 25.7 Å². The summed E-state index contributed by atoms with van der Waals surface area (Å²) in [6.07, 6.45) is 0.140. The molecule has 0 spiro atoms. The number of amides is 1. The van der Waals surface area contributed by atoms with Gasteiger partial charge in [0, 0.05) is 13.1 Å². The van der Waals surface area contributed by atoms with Gasteiger partial charge < -0.3 is 4.90 Å². The minimum absolute atomic E-state index is 0.0162. The van der Waals surface area contributed by atoms with Gasteiger partial charge in [0.2, 0.25) is 5.91 Å². The topological polar surface area (TPSA) is 99.5 Å². The zero-order valence-corrected chi connectivity index (χ0v) is 13.9. The number of nitrogens with zero attached hydrogens (tertiary/aromatic N) is 6. The largest absolute Gasteiger partial charge is 0.438 e. The van der Waals surface area contributed by atoms with Crippen molar-refractivity contribution in [3.63, 3.8) is 0 Å². The van der Waals surface area contributed by atoms with Crippen LogP contribution in [0.3, 0.4) is 0 Å². The Hall–Kier alpha value is -2.07. The van der Waals surface area contributed by atoms with Gasteiger partial charge in [-0.1, -0.05) is 18.1 Å². The van der Waals surface area contributed by atoms with Crippen molar-refractivity contribution < 1.29 is 18.0 Å². The summed E-state index contributed by atoms with van der Waals surface area (Å²) in [7, 11) is 0. The van der Waals surface area contributed by atoms with Crippen LogP contribution < -0.4 is 0 Å². The molecule has 2 aliphatic heterocycles. The number of hydrogen-bond acceptors (Lipinski definition) is 6. The second-order valence-electron chi connectivity index (χ2n) is 7.96. The van der Waals surface area contributed by atoms with E-state index in [2.05, 4.69) is 30.9 Å². The molecule has 4 fully saturated rings. The lowest BCUT2D eigenvalue weighted by Crippen LogP contribution is -2.65. The molecule has 1 aromatic heterocycles. The van der Waals surface area contributed by atoms with Gasteiger partial charge in [-0.3, -0.25) is 4.79 Å². The van der Waals surface area contributed by atoms with Crippen LogP contribution >= 0.6 is 0 Å². The van der Waals surface area contributed by atoms with Crippen LogP contribution in [-0.2, 0) is 10.2 Å². The first-order valence-electron chi connectivity index (χ1n) is 8.91. The summed E-state index contributed by atoms with van der Waals surface area (Å²) in [5, 5.41) is 20.8. The predicted octanol–water partition coefficient (Wildman–Crippen LogP) is 1.83. The number of halogens is 3. The van der Waals surface area contributed by atoms with Gasteiger partial charge in [-0.2, -0.15) is 18.4 Å². The molecule has 1 N–H and O–H groups in total. The van der Waals surface area contributed by atoms with E-state index in [-0.39, 0.29) is 24.9 Å². The maximum atomic E-state index is 13.4. The molecule has 3 saturated carbocycles. The Morgan fingerprint density at radius 3 is 2.27 bits per heavy atom. The van der Waals surface area contributed by atoms with E-state index >= 15 is 0 Å². The Bertz CT molecular complexity index is 744. The smallest absolute Gasteiger partial charge is 0.341 e. The predicted molar refractivity (Wildman–Crippen MR) is 79.6 cm³/mol. The van der Waals surface area contributed by atoms with Crippen LogP contribution in [0.5, 0.6) is 0 Å². The molecule has 1 saturated heterocycles. The molecule has 1 unspecified atom stereocenters. The maximum Gasteiger partial charge on any atom is 0.438 e. The second-order valence-corrected chi connectivity index (χ2v) is 7.96. The van der Waals surface area contributed by atoms with Gasteiger partial charge in [0.05, 0.1) is 5.92 Å². The highest BCUT2D eigenvalue weighted by atomic mass is 19.4. The van der Waals surface area contributed by atoms with E-state index in [0.29, 0.717) is 18.2 Å². The van der Waals surface area contributed by atoms with Crippen molar-refractivity contribution in [1.82, 2.24) is 25.5 Å². The molecule has 8 nitrogen and oxygen atoms in total. The first-order chi connectivity index (χ1) is 12.4. The Labute approximate surface area is 146 Å². The molecule has 0 aromatic carbocycles. The van der Waals surface area contributed by atoms with Crippen LogP contribution in [0, 0.1) is 17.8 Å². The minimum Gasteiger partial charge on any atom is -0.341 e. The zero-order valence-electron chi connectivity index (χ0n) is 13.9. The number of aromatic amines is 1. The molecular weight excluding hydrogens is 351 g/mol. The number of nitrogens with one attached hydrogen (secondary N) is 1. The van der Waals surface area contributed by atoms with E-state index in [9.17, 15) is 18.0 Å². The standard InChI is InChI=1S/C15H18F3N7O/c16-15(17,18)14(21-22-14)10-6-25(7-10)12(26)13(11-19-23-24-20-11)5-8-1-3-9(13)4-2-8/h8-10H,1-7H2,(H,19,20,23,24). The highest BCUT2D eigenvalue weighted by Crippen LogP contribution is 2.56. The molecule has 1 atom stereocenters. The number of H-pyrrole nitrogens is 1. The molecule has 3 heterocycles. The molecule has 0 radical (unpaired) electrons. The number of aromatic nitrogens is 4. The number of carbonyl (C=O) groups is 1. The zero-order chi connectivity index (χ0) is 18.2. The molecule has 6 rings (SSSR count). The summed E-state index contributed by atoms with van der Waals surface area (Å²) in [5.41, 5.74) is -3.16. The van der Waals surface area contributed by atoms with Crippen molar-refractivity contribution in [1.29, 1.82) is 0 Å². The fourth-order valence-corrected chi connectivity index (χ4v) is 5.21. The van der Waals surface area contributed by atoms with Gasteiger partial charge in [0.1, 0.15) is 5.41 Å². The number of fused-ring (bicyclic) bond motifs is 3. The SMILES string of the molecule is O=C(N1CC(C2(C(F)(F)F)N=N2)C1)C1(c2nn[nH]n2)CC2CCC1CC2. The van der Waals surface area contributed by atoms with Crippen LogP contribution in [-0.4, -0.2) is 56.4 Å². The molecule has 26 heavy (non-hydrogen) atoms. The highest BCUT2D eigenvalue weighted by Gasteiger charge is 2.71. The third kappa shape index (κ3) is 1.96. The average Bonchev–Trinajstić information content (AvgIpc) is 3.19. The molecule has 1 aromatic rings. The lowest BCUT2D eigenvalue weighted by molar-refractivity contribution is -0.194. The van der Waals surface area contributed by atoms with Gasteiger partial charge >= 0.3 is 6.18 Å². The van der Waals surface area contributed by atoms with E-state index in [1.165, 1.54) is 4.90 Å². The number of tetrazole rings is 1. The third-order valence-corrected chi connectivity index (χ3v) is 6.75. The number of likely N-dealkylation sites (tertiary alicyclic amines) is 1. The van der Waals surface area contributed by atoms with Crippen molar-refractivity contribution >= 4 is 5.91 Å². The van der Waals surface area contributed by atoms with Crippen LogP contribution in [0.1, 0.15) is 37.9 Å². The monoisotopic (exact) mass is 369 g/mol. The lowest BCUT2D eigenvalue weighted by Gasteiger charge is -2.53. The maximum absolute atomic E-state index is 13.4. The van der Waals surface area contributed by atoms with Crippen molar-refractivity contribution in [3.8, 4) is 0 Å². The molecule has 3 aliphatic carbocycles. The molecule has 2 bridgehead atoms. The van der Waals surface area contributed by atoms with Crippen LogP contribution in [0.15, 0.2) is 10.2 Å². The summed E-state index contributed by atoms with van der Waals surface area (Å²) in [4.78, 5) is 14.9. The minimum atomic E-state index is -4.50. The van der Waals surface area contributed by atoms with Gasteiger partial charge in [-0.05, 0) is 31.1 Å². The average molecular weight is 369 g/mol. The Morgan fingerprint density at radius 2 is 1.81 bits per heavy atom. The summed E-state index contributed by atoms with van der Waals surface area (Å²) in [5.74, 6) is -0.0400. The lowest BCUT2D eigenvalue weighted by atomic mass is 9.54. The van der Waals surface area contributed by atoms with E-state index < -0.39 is 23.2 Å². The molecule has 5 aliphatic rings.